The summed E-state index contributed by atoms with van der Waals surface area (Å²) in [4.78, 5) is 0.199. The summed E-state index contributed by atoms with van der Waals surface area (Å²) in [7, 11) is -0.944. The van der Waals surface area contributed by atoms with E-state index < -0.39 is 7.12 Å². The second-order valence-electron chi connectivity index (χ2n) is 5.09. The predicted molar refractivity (Wildman–Crippen MR) is 79.4 cm³/mol. The molecule has 0 amide bonds. The lowest BCUT2D eigenvalue weighted by molar-refractivity contribution is 0.161. The standard InChI is InChI=1S/C14H19BBrFO2/c1-2-3-4-5-13(16)14-9-10-8-11(17)6-7-12(10)15(18)19-14/h6-8,13-14,18H,2-5,9H2,1H3. The van der Waals surface area contributed by atoms with E-state index in [0.717, 1.165) is 18.4 Å². The Morgan fingerprint density at radius 2 is 2.32 bits per heavy atom. The zero-order valence-electron chi connectivity index (χ0n) is 11.1. The Bertz CT molecular complexity index is 430. The maximum atomic E-state index is 13.3. The Kier molecular flexibility index (Phi) is 5.42. The molecule has 2 rings (SSSR count). The molecule has 1 aliphatic heterocycles. The van der Waals surface area contributed by atoms with Crippen LogP contribution in [0.2, 0.25) is 0 Å². The van der Waals surface area contributed by atoms with E-state index in [9.17, 15) is 9.41 Å². The monoisotopic (exact) mass is 328 g/mol. The highest BCUT2D eigenvalue weighted by atomic mass is 79.9. The second-order valence-corrected chi connectivity index (χ2v) is 6.26. The molecule has 0 aromatic heterocycles. The summed E-state index contributed by atoms with van der Waals surface area (Å²) < 4.78 is 18.9. The first-order chi connectivity index (χ1) is 9.11. The van der Waals surface area contributed by atoms with Gasteiger partial charge in [-0.25, -0.2) is 4.39 Å². The highest BCUT2D eigenvalue weighted by Gasteiger charge is 2.33. The minimum Gasteiger partial charge on any atom is -0.423 e. The van der Waals surface area contributed by atoms with Gasteiger partial charge in [0, 0.05) is 4.83 Å². The van der Waals surface area contributed by atoms with Crippen molar-refractivity contribution in [1.82, 2.24) is 0 Å². The molecule has 0 radical (unpaired) electrons. The van der Waals surface area contributed by atoms with Crippen LogP contribution in [0.1, 0.15) is 38.2 Å². The molecule has 19 heavy (non-hydrogen) atoms. The Hall–Kier alpha value is -0.385. The fourth-order valence-corrected chi connectivity index (χ4v) is 3.12. The highest BCUT2D eigenvalue weighted by molar-refractivity contribution is 9.09. The van der Waals surface area contributed by atoms with Crippen LogP contribution in [0.25, 0.3) is 0 Å². The van der Waals surface area contributed by atoms with Gasteiger partial charge in [-0.15, -0.1) is 0 Å². The maximum absolute atomic E-state index is 13.3. The molecule has 0 aliphatic carbocycles. The van der Waals surface area contributed by atoms with Crippen molar-refractivity contribution in [3.63, 3.8) is 0 Å². The first-order valence-electron chi connectivity index (χ1n) is 6.87. The van der Waals surface area contributed by atoms with Crippen molar-refractivity contribution >= 4 is 28.5 Å². The summed E-state index contributed by atoms with van der Waals surface area (Å²) in [6.45, 7) is 2.17. The van der Waals surface area contributed by atoms with Crippen LogP contribution in [-0.4, -0.2) is 23.1 Å². The third-order valence-electron chi connectivity index (χ3n) is 3.58. The topological polar surface area (TPSA) is 29.5 Å². The van der Waals surface area contributed by atoms with Crippen molar-refractivity contribution in [2.75, 3.05) is 0 Å². The molecule has 2 unspecified atom stereocenters. The lowest BCUT2D eigenvalue weighted by Gasteiger charge is -2.30. The first kappa shape index (κ1) is 15.0. The van der Waals surface area contributed by atoms with E-state index in [2.05, 4.69) is 22.9 Å². The molecule has 0 fully saturated rings. The van der Waals surface area contributed by atoms with Gasteiger partial charge in [-0.05, 0) is 36.0 Å². The Morgan fingerprint density at radius 1 is 1.53 bits per heavy atom. The average Bonchev–Trinajstić information content (AvgIpc) is 2.38. The van der Waals surface area contributed by atoms with Gasteiger partial charge < -0.3 is 9.68 Å². The number of fused-ring (bicyclic) bond motifs is 1. The van der Waals surface area contributed by atoms with Crippen LogP contribution in [0.3, 0.4) is 0 Å². The Balaban J connectivity index is 2.03. The van der Waals surface area contributed by atoms with Crippen molar-refractivity contribution < 1.29 is 14.1 Å². The summed E-state index contributed by atoms with van der Waals surface area (Å²) in [6, 6.07) is 4.46. The third-order valence-corrected chi connectivity index (χ3v) is 4.63. The molecular weight excluding hydrogens is 310 g/mol. The summed E-state index contributed by atoms with van der Waals surface area (Å²) in [6.07, 6.45) is 5.08. The van der Waals surface area contributed by atoms with Crippen LogP contribution >= 0.6 is 15.9 Å². The molecular formula is C14H19BBrFO2. The number of rotatable bonds is 5. The second kappa shape index (κ2) is 6.86. The number of unbranched alkanes of at least 4 members (excludes halogenated alkanes) is 2. The molecule has 0 bridgehead atoms. The molecule has 2 atom stereocenters. The molecule has 1 heterocycles. The predicted octanol–water partition coefficient (Wildman–Crippen LogP) is 2.80. The van der Waals surface area contributed by atoms with Crippen molar-refractivity contribution in [3.05, 3.63) is 29.6 Å². The van der Waals surface area contributed by atoms with Crippen LogP contribution in [0.15, 0.2) is 18.2 Å². The average molecular weight is 329 g/mol. The largest absolute Gasteiger partial charge is 0.491 e. The molecule has 104 valence electrons. The van der Waals surface area contributed by atoms with Gasteiger partial charge >= 0.3 is 7.12 Å². The van der Waals surface area contributed by atoms with Gasteiger partial charge in [0.15, 0.2) is 0 Å². The van der Waals surface area contributed by atoms with Crippen molar-refractivity contribution in [3.8, 4) is 0 Å². The smallest absolute Gasteiger partial charge is 0.423 e. The zero-order chi connectivity index (χ0) is 13.8. The normalized spacial score (nSPS) is 20.2. The van der Waals surface area contributed by atoms with Gasteiger partial charge in [0.1, 0.15) is 5.82 Å². The van der Waals surface area contributed by atoms with Crippen molar-refractivity contribution in [2.45, 2.75) is 50.0 Å². The fourth-order valence-electron chi connectivity index (χ4n) is 2.48. The number of benzene rings is 1. The molecule has 5 heteroatoms. The molecule has 2 nitrogen and oxygen atoms in total. The van der Waals surface area contributed by atoms with Gasteiger partial charge in [0.2, 0.25) is 0 Å². The number of halogens is 2. The lowest BCUT2D eigenvalue weighted by atomic mass is 9.72. The molecule has 1 aromatic rings. The van der Waals surface area contributed by atoms with Crippen LogP contribution in [0.5, 0.6) is 0 Å². The van der Waals surface area contributed by atoms with E-state index >= 15 is 0 Å². The van der Waals surface area contributed by atoms with Gasteiger partial charge in [0.05, 0.1) is 6.10 Å². The molecule has 0 spiro atoms. The molecule has 1 aliphatic rings. The SMILES string of the molecule is CCCCCC(Br)C1Cc2cc(F)ccc2B(O)O1. The molecule has 0 saturated heterocycles. The summed E-state index contributed by atoms with van der Waals surface area (Å²) in [5.41, 5.74) is 1.54. The first-order valence-corrected chi connectivity index (χ1v) is 7.79. The maximum Gasteiger partial charge on any atom is 0.491 e. The highest BCUT2D eigenvalue weighted by Crippen LogP contribution is 2.24. The Labute approximate surface area is 122 Å². The van der Waals surface area contributed by atoms with Crippen LogP contribution in [0.4, 0.5) is 4.39 Å². The van der Waals surface area contributed by atoms with Gasteiger partial charge in [-0.3, -0.25) is 0 Å². The zero-order valence-corrected chi connectivity index (χ0v) is 12.7. The van der Waals surface area contributed by atoms with Crippen molar-refractivity contribution in [2.24, 2.45) is 0 Å². The number of hydrogen-bond acceptors (Lipinski definition) is 2. The van der Waals surface area contributed by atoms with Gasteiger partial charge in [-0.1, -0.05) is 48.2 Å². The van der Waals surface area contributed by atoms with Gasteiger partial charge in [0.25, 0.3) is 0 Å². The van der Waals surface area contributed by atoms with Gasteiger partial charge in [-0.2, -0.15) is 0 Å². The third kappa shape index (κ3) is 3.80. The minimum absolute atomic E-state index is 0.0962. The molecule has 1 N–H and O–H groups in total. The van der Waals surface area contributed by atoms with Crippen LogP contribution in [0, 0.1) is 5.82 Å². The Morgan fingerprint density at radius 3 is 3.05 bits per heavy atom. The molecule has 1 aromatic carbocycles. The summed E-state index contributed by atoms with van der Waals surface area (Å²) >= 11 is 3.64. The quantitative estimate of drug-likeness (QED) is 0.511. The van der Waals surface area contributed by atoms with Crippen LogP contribution < -0.4 is 5.46 Å². The van der Waals surface area contributed by atoms with Crippen LogP contribution in [-0.2, 0) is 11.1 Å². The van der Waals surface area contributed by atoms with Crippen molar-refractivity contribution in [1.29, 1.82) is 0 Å². The number of hydrogen-bond donors (Lipinski definition) is 1. The van der Waals surface area contributed by atoms with E-state index in [1.54, 1.807) is 6.07 Å². The molecule has 0 saturated carbocycles. The summed E-state index contributed by atoms with van der Waals surface area (Å²) in [5.74, 6) is -0.260. The van der Waals surface area contributed by atoms with E-state index in [1.165, 1.54) is 25.0 Å². The van der Waals surface area contributed by atoms with E-state index in [1.807, 2.05) is 0 Å². The number of alkyl halides is 1. The minimum atomic E-state index is -0.944. The lowest BCUT2D eigenvalue weighted by Crippen LogP contribution is -2.48. The van der Waals surface area contributed by atoms with E-state index in [0.29, 0.717) is 11.9 Å². The fraction of sp³-hybridized carbons (Fsp3) is 0.571. The van der Waals surface area contributed by atoms with E-state index in [4.69, 9.17) is 4.65 Å². The summed E-state index contributed by atoms with van der Waals surface area (Å²) in [5, 5.41) is 9.98. The van der Waals surface area contributed by atoms with E-state index in [-0.39, 0.29) is 16.7 Å².